The molecule has 0 N–H and O–H groups in total. The molecular weight excluding hydrogens is 144 g/mol. The predicted molar refractivity (Wildman–Crippen MR) is 59.4 cm³/mol. The Labute approximate surface area is 78.4 Å². The summed E-state index contributed by atoms with van der Waals surface area (Å²) < 4.78 is 0. The van der Waals surface area contributed by atoms with E-state index in [0.717, 1.165) is 0 Å². The van der Waals surface area contributed by atoms with Crippen LogP contribution in [0.15, 0.2) is 24.3 Å². The van der Waals surface area contributed by atoms with E-state index in [1.54, 1.807) is 0 Å². The summed E-state index contributed by atoms with van der Waals surface area (Å²) in [4.78, 5) is 0. The molecule has 0 aromatic rings. The second-order valence-corrected chi connectivity index (χ2v) is 2.10. The SMILES string of the molecule is C1=CCC/C=C\CC1.CC.CC. The number of rotatable bonds is 0. The Morgan fingerprint density at radius 2 is 0.667 bits per heavy atom. The first-order valence-electron chi connectivity index (χ1n) is 5.30. The molecule has 0 atom stereocenters. The Balaban J connectivity index is 0. The van der Waals surface area contributed by atoms with Gasteiger partial charge in [0, 0.05) is 0 Å². The first-order chi connectivity index (χ1) is 6.00. The van der Waals surface area contributed by atoms with Crippen LogP contribution >= 0.6 is 0 Å². The largest absolute Gasteiger partial charge is 0.0882 e. The van der Waals surface area contributed by atoms with Crippen LogP contribution in [0.5, 0.6) is 0 Å². The quantitative estimate of drug-likeness (QED) is 0.459. The Bertz CT molecular complexity index is 72.6. The third kappa shape index (κ3) is 12.2. The van der Waals surface area contributed by atoms with Crippen LogP contribution in [0.2, 0.25) is 0 Å². The van der Waals surface area contributed by atoms with Gasteiger partial charge in [-0.05, 0) is 25.7 Å². The predicted octanol–water partition coefficient (Wildman–Crippen LogP) is 4.73. The van der Waals surface area contributed by atoms with Crippen molar-refractivity contribution in [3.8, 4) is 0 Å². The van der Waals surface area contributed by atoms with Crippen LogP contribution in [0.1, 0.15) is 53.4 Å². The molecule has 1 aliphatic rings. The van der Waals surface area contributed by atoms with Crippen molar-refractivity contribution in [1.82, 2.24) is 0 Å². The summed E-state index contributed by atoms with van der Waals surface area (Å²) in [5, 5.41) is 0. The molecule has 0 heteroatoms. The summed E-state index contributed by atoms with van der Waals surface area (Å²) >= 11 is 0. The molecule has 0 radical (unpaired) electrons. The Kier molecular flexibility index (Phi) is 19.7. The van der Waals surface area contributed by atoms with Gasteiger partial charge in [0.25, 0.3) is 0 Å². The zero-order chi connectivity index (χ0) is 9.66. The highest BCUT2D eigenvalue weighted by Crippen LogP contribution is 2.02. The van der Waals surface area contributed by atoms with Gasteiger partial charge >= 0.3 is 0 Å². The fourth-order valence-electron chi connectivity index (χ4n) is 0.856. The van der Waals surface area contributed by atoms with E-state index in [2.05, 4.69) is 24.3 Å². The van der Waals surface area contributed by atoms with Crippen molar-refractivity contribution >= 4 is 0 Å². The molecule has 1 rings (SSSR count). The smallest absolute Gasteiger partial charge is 0.0316 e. The Morgan fingerprint density at radius 1 is 0.500 bits per heavy atom. The van der Waals surface area contributed by atoms with Gasteiger partial charge in [0.05, 0.1) is 0 Å². The van der Waals surface area contributed by atoms with E-state index in [1.807, 2.05) is 27.7 Å². The third-order valence-corrected chi connectivity index (χ3v) is 1.33. The molecule has 0 aliphatic heterocycles. The lowest BCUT2D eigenvalue weighted by molar-refractivity contribution is 0.962. The minimum absolute atomic E-state index is 1.23. The molecule has 72 valence electrons. The Hall–Kier alpha value is -0.520. The molecule has 1 aliphatic carbocycles. The van der Waals surface area contributed by atoms with Gasteiger partial charge in [-0.25, -0.2) is 0 Å². The average molecular weight is 168 g/mol. The molecule has 0 heterocycles. The molecule has 0 bridgehead atoms. The molecule has 0 saturated heterocycles. The lowest BCUT2D eigenvalue weighted by Gasteiger charge is -1.92. The monoisotopic (exact) mass is 168 g/mol. The molecule has 0 unspecified atom stereocenters. The second kappa shape index (κ2) is 16.8. The van der Waals surface area contributed by atoms with Crippen LogP contribution in [0.4, 0.5) is 0 Å². The standard InChI is InChI=1S/C8H12.2C2H6/c1-2-4-6-8-7-5-3-1;2*1-2/h1-2,7-8H,3-6H2;2*1-2H3/b2-1-,8-7?;;. The van der Waals surface area contributed by atoms with Gasteiger partial charge in [-0.1, -0.05) is 52.0 Å². The van der Waals surface area contributed by atoms with Gasteiger partial charge in [-0.15, -0.1) is 0 Å². The molecule has 0 aromatic heterocycles. The van der Waals surface area contributed by atoms with Gasteiger partial charge in [0.1, 0.15) is 0 Å². The summed E-state index contributed by atoms with van der Waals surface area (Å²) in [5.74, 6) is 0. The van der Waals surface area contributed by atoms with Crippen molar-refractivity contribution in [2.45, 2.75) is 53.4 Å². The van der Waals surface area contributed by atoms with E-state index < -0.39 is 0 Å². The highest BCUT2D eigenvalue weighted by Gasteiger charge is 1.81. The van der Waals surface area contributed by atoms with Crippen molar-refractivity contribution in [2.24, 2.45) is 0 Å². The number of allylic oxidation sites excluding steroid dienone is 4. The molecular formula is C12H24. The first kappa shape index (κ1) is 14.0. The zero-order valence-electron chi connectivity index (χ0n) is 9.14. The minimum Gasteiger partial charge on any atom is -0.0882 e. The summed E-state index contributed by atoms with van der Waals surface area (Å²) in [7, 11) is 0. The fraction of sp³-hybridized carbons (Fsp3) is 0.667. The topological polar surface area (TPSA) is 0 Å². The second-order valence-electron chi connectivity index (χ2n) is 2.10. The summed E-state index contributed by atoms with van der Waals surface area (Å²) in [5.41, 5.74) is 0. The van der Waals surface area contributed by atoms with E-state index in [-0.39, 0.29) is 0 Å². The van der Waals surface area contributed by atoms with E-state index in [0.29, 0.717) is 0 Å². The number of hydrogen-bond donors (Lipinski definition) is 0. The molecule has 0 aromatic carbocycles. The summed E-state index contributed by atoms with van der Waals surface area (Å²) in [6.45, 7) is 8.00. The minimum atomic E-state index is 1.23. The van der Waals surface area contributed by atoms with Crippen molar-refractivity contribution in [3.05, 3.63) is 24.3 Å². The zero-order valence-corrected chi connectivity index (χ0v) is 9.14. The van der Waals surface area contributed by atoms with Crippen molar-refractivity contribution in [1.29, 1.82) is 0 Å². The lowest BCUT2D eigenvalue weighted by atomic mass is 10.1. The maximum Gasteiger partial charge on any atom is -0.0316 e. The molecule has 12 heavy (non-hydrogen) atoms. The van der Waals surface area contributed by atoms with Gasteiger partial charge in [-0.3, -0.25) is 0 Å². The molecule has 0 nitrogen and oxygen atoms in total. The average Bonchev–Trinajstić information content (AvgIpc) is 2.10. The van der Waals surface area contributed by atoms with E-state index in [9.17, 15) is 0 Å². The molecule has 0 amide bonds. The number of hydrogen-bond acceptors (Lipinski definition) is 0. The Morgan fingerprint density at radius 3 is 0.833 bits per heavy atom. The lowest BCUT2D eigenvalue weighted by Crippen LogP contribution is -1.71. The van der Waals surface area contributed by atoms with E-state index >= 15 is 0 Å². The molecule has 0 spiro atoms. The van der Waals surface area contributed by atoms with Crippen LogP contribution in [0, 0.1) is 0 Å². The van der Waals surface area contributed by atoms with Crippen LogP contribution in [-0.2, 0) is 0 Å². The molecule has 0 fully saturated rings. The fourth-order valence-corrected chi connectivity index (χ4v) is 0.856. The normalized spacial score (nSPS) is 17.0. The van der Waals surface area contributed by atoms with Gasteiger partial charge in [0.15, 0.2) is 0 Å². The van der Waals surface area contributed by atoms with Crippen LogP contribution in [0.3, 0.4) is 0 Å². The summed E-state index contributed by atoms with van der Waals surface area (Å²) in [6, 6.07) is 0. The van der Waals surface area contributed by atoms with E-state index in [1.165, 1.54) is 25.7 Å². The van der Waals surface area contributed by atoms with Crippen LogP contribution in [-0.4, -0.2) is 0 Å². The highest BCUT2D eigenvalue weighted by atomic mass is 13.9. The molecule has 0 saturated carbocycles. The van der Waals surface area contributed by atoms with Crippen LogP contribution in [0.25, 0.3) is 0 Å². The first-order valence-corrected chi connectivity index (χ1v) is 5.30. The maximum absolute atomic E-state index is 2.27. The summed E-state index contributed by atoms with van der Waals surface area (Å²) in [6.07, 6.45) is 14.0. The third-order valence-electron chi connectivity index (χ3n) is 1.33. The highest BCUT2D eigenvalue weighted by molar-refractivity contribution is 4.93. The van der Waals surface area contributed by atoms with Gasteiger partial charge < -0.3 is 0 Å². The van der Waals surface area contributed by atoms with Crippen LogP contribution < -0.4 is 0 Å². The van der Waals surface area contributed by atoms with Crippen molar-refractivity contribution in [3.63, 3.8) is 0 Å². The van der Waals surface area contributed by atoms with Gasteiger partial charge in [0.2, 0.25) is 0 Å². The van der Waals surface area contributed by atoms with Crippen molar-refractivity contribution in [2.75, 3.05) is 0 Å². The maximum atomic E-state index is 2.27. The van der Waals surface area contributed by atoms with Gasteiger partial charge in [-0.2, -0.15) is 0 Å². The van der Waals surface area contributed by atoms with E-state index in [4.69, 9.17) is 0 Å². The van der Waals surface area contributed by atoms with Crippen molar-refractivity contribution < 1.29 is 0 Å².